The number of hydrogen-bond acceptors (Lipinski definition) is 3. The van der Waals surface area contributed by atoms with Crippen LogP contribution >= 0.6 is 0 Å². The van der Waals surface area contributed by atoms with Crippen LogP contribution in [0.15, 0.2) is 18.2 Å². The fourth-order valence-electron chi connectivity index (χ4n) is 2.75. The normalized spacial score (nSPS) is 22.9. The lowest BCUT2D eigenvalue weighted by molar-refractivity contribution is -0.134. The van der Waals surface area contributed by atoms with E-state index in [1.54, 1.807) is 0 Å². The number of nitrogens with one attached hydrogen (secondary N) is 1. The van der Waals surface area contributed by atoms with Crippen LogP contribution in [0.3, 0.4) is 0 Å². The highest BCUT2D eigenvalue weighted by Gasteiger charge is 2.34. The van der Waals surface area contributed by atoms with Gasteiger partial charge < -0.3 is 4.90 Å². The predicted molar refractivity (Wildman–Crippen MR) is 69.1 cm³/mol. The molecule has 4 nitrogen and oxygen atoms in total. The minimum absolute atomic E-state index is 0.173. The number of benzene rings is 1. The number of fused-ring (bicyclic) bond motifs is 1. The average Bonchev–Trinajstić information content (AvgIpc) is 2.72. The number of anilines is 1. The van der Waals surface area contributed by atoms with Gasteiger partial charge in [-0.3, -0.25) is 14.9 Å². The van der Waals surface area contributed by atoms with Gasteiger partial charge in [-0.2, -0.15) is 0 Å². The van der Waals surface area contributed by atoms with Crippen molar-refractivity contribution in [3.05, 3.63) is 23.8 Å². The maximum absolute atomic E-state index is 11.9. The van der Waals surface area contributed by atoms with Gasteiger partial charge in [0, 0.05) is 18.7 Å². The number of hydrogen-bond donors (Lipinski definition) is 1. The van der Waals surface area contributed by atoms with Crippen molar-refractivity contribution in [2.24, 2.45) is 0 Å². The Kier molecular flexibility index (Phi) is 2.61. The topological polar surface area (TPSA) is 49.4 Å². The summed E-state index contributed by atoms with van der Waals surface area (Å²) in [6.07, 6.45) is 1.91. The molecule has 1 aromatic carbocycles. The van der Waals surface area contributed by atoms with Crippen molar-refractivity contribution in [2.75, 3.05) is 11.4 Å². The molecular weight excluding hydrogens is 227 g/mol. The van der Waals surface area contributed by atoms with Gasteiger partial charge in [0.2, 0.25) is 11.8 Å². The molecule has 2 heterocycles. The molecule has 1 aromatic rings. The summed E-state index contributed by atoms with van der Waals surface area (Å²) in [5.74, 6) is -0.357. The Morgan fingerprint density at radius 3 is 2.89 bits per heavy atom. The highest BCUT2D eigenvalue weighted by atomic mass is 16.2. The number of carbonyl (C=O) groups is 2. The fourth-order valence-corrected chi connectivity index (χ4v) is 2.75. The molecule has 2 aliphatic rings. The summed E-state index contributed by atoms with van der Waals surface area (Å²) in [5, 5.41) is 2.40. The van der Waals surface area contributed by atoms with Gasteiger partial charge in [0.25, 0.3) is 0 Å². The van der Waals surface area contributed by atoms with Crippen molar-refractivity contribution in [3.8, 4) is 0 Å². The minimum Gasteiger partial charge on any atom is -0.359 e. The lowest BCUT2D eigenvalue weighted by atomic mass is 9.93. The van der Waals surface area contributed by atoms with Gasteiger partial charge in [0.15, 0.2) is 0 Å². The van der Waals surface area contributed by atoms with Crippen LogP contribution in [0, 0.1) is 0 Å². The largest absolute Gasteiger partial charge is 0.359 e. The molecule has 0 saturated carbocycles. The quantitative estimate of drug-likeness (QED) is 0.539. The van der Waals surface area contributed by atoms with Crippen LogP contribution in [0.2, 0.25) is 0 Å². The molecule has 0 bridgehead atoms. The van der Waals surface area contributed by atoms with Gasteiger partial charge in [-0.1, -0.05) is 17.6 Å². The highest BCUT2D eigenvalue weighted by Crippen LogP contribution is 2.30. The summed E-state index contributed by atoms with van der Waals surface area (Å²) in [6.45, 7) is 0.811. The van der Waals surface area contributed by atoms with E-state index in [4.69, 9.17) is 7.85 Å². The van der Waals surface area contributed by atoms with E-state index in [0.29, 0.717) is 12.8 Å². The Balaban J connectivity index is 1.88. The first kappa shape index (κ1) is 11.3. The Labute approximate surface area is 107 Å². The first-order valence-electron chi connectivity index (χ1n) is 6.14. The second kappa shape index (κ2) is 4.16. The molecule has 90 valence electrons. The predicted octanol–water partition coefficient (Wildman–Crippen LogP) is -0.352. The van der Waals surface area contributed by atoms with E-state index < -0.39 is 0 Å². The molecule has 1 saturated heterocycles. The molecule has 18 heavy (non-hydrogen) atoms. The van der Waals surface area contributed by atoms with E-state index in [1.165, 1.54) is 5.56 Å². The molecule has 1 fully saturated rings. The van der Waals surface area contributed by atoms with Gasteiger partial charge in [-0.15, -0.1) is 0 Å². The molecule has 2 amide bonds. The fraction of sp³-hybridized carbons (Fsp3) is 0.385. The molecule has 1 atom stereocenters. The maximum atomic E-state index is 11.9. The van der Waals surface area contributed by atoms with Crippen LogP contribution in [0.1, 0.15) is 18.4 Å². The third kappa shape index (κ3) is 1.80. The number of carbonyl (C=O) groups excluding carboxylic acids is 2. The SMILES string of the molecule is [B]c1ccc2c(c1)CCN2C1CCC(=O)NC1=O. The Bertz CT molecular complexity index is 530. The van der Waals surface area contributed by atoms with E-state index in [0.717, 1.165) is 24.1 Å². The molecule has 0 spiro atoms. The minimum atomic E-state index is -0.229. The number of nitrogens with zero attached hydrogens (tertiary/aromatic N) is 1. The van der Waals surface area contributed by atoms with Gasteiger partial charge in [-0.25, -0.2) is 0 Å². The van der Waals surface area contributed by atoms with Crippen molar-refractivity contribution >= 4 is 30.8 Å². The van der Waals surface area contributed by atoms with Crippen LogP contribution in [0.5, 0.6) is 0 Å². The maximum Gasteiger partial charge on any atom is 0.249 e. The monoisotopic (exact) mass is 240 g/mol. The summed E-state index contributed by atoms with van der Waals surface area (Å²) < 4.78 is 0. The van der Waals surface area contributed by atoms with E-state index >= 15 is 0 Å². The van der Waals surface area contributed by atoms with Gasteiger partial charge in [0.05, 0.1) is 0 Å². The molecule has 0 aliphatic carbocycles. The Morgan fingerprint density at radius 2 is 2.11 bits per heavy atom. The number of rotatable bonds is 1. The van der Waals surface area contributed by atoms with Crippen LogP contribution < -0.4 is 15.7 Å². The lowest BCUT2D eigenvalue weighted by Crippen LogP contribution is -2.52. The zero-order valence-electron chi connectivity index (χ0n) is 9.98. The van der Waals surface area contributed by atoms with Crippen molar-refractivity contribution in [1.82, 2.24) is 5.32 Å². The average molecular weight is 240 g/mol. The van der Waals surface area contributed by atoms with E-state index in [2.05, 4.69) is 10.2 Å². The van der Waals surface area contributed by atoms with Crippen LogP contribution in [0.4, 0.5) is 5.69 Å². The molecular formula is C13H13BN2O2. The summed E-state index contributed by atoms with van der Waals surface area (Å²) in [5.41, 5.74) is 3.00. The second-order valence-electron chi connectivity index (χ2n) is 4.80. The van der Waals surface area contributed by atoms with Crippen LogP contribution in [0.25, 0.3) is 0 Å². The van der Waals surface area contributed by atoms with Crippen molar-refractivity contribution in [3.63, 3.8) is 0 Å². The van der Waals surface area contributed by atoms with E-state index in [9.17, 15) is 9.59 Å². The Hall–Kier alpha value is -1.78. The first-order chi connectivity index (χ1) is 8.65. The third-order valence-electron chi connectivity index (χ3n) is 3.62. The molecule has 1 unspecified atom stereocenters. The molecule has 0 aromatic heterocycles. The van der Waals surface area contributed by atoms with E-state index in [1.807, 2.05) is 18.2 Å². The summed E-state index contributed by atoms with van der Waals surface area (Å²) in [6, 6.07) is 5.54. The molecule has 2 aliphatic heterocycles. The summed E-state index contributed by atoms with van der Waals surface area (Å²) >= 11 is 0. The zero-order valence-corrected chi connectivity index (χ0v) is 9.98. The smallest absolute Gasteiger partial charge is 0.249 e. The second-order valence-corrected chi connectivity index (χ2v) is 4.80. The third-order valence-corrected chi connectivity index (χ3v) is 3.62. The van der Waals surface area contributed by atoms with Crippen molar-refractivity contribution < 1.29 is 9.59 Å². The van der Waals surface area contributed by atoms with Crippen molar-refractivity contribution in [2.45, 2.75) is 25.3 Å². The number of imide groups is 1. The van der Waals surface area contributed by atoms with Crippen LogP contribution in [-0.4, -0.2) is 32.2 Å². The molecule has 5 heteroatoms. The zero-order chi connectivity index (χ0) is 12.7. The highest BCUT2D eigenvalue weighted by molar-refractivity contribution is 6.32. The Morgan fingerprint density at radius 1 is 1.28 bits per heavy atom. The number of piperidine rings is 1. The summed E-state index contributed by atoms with van der Waals surface area (Å²) in [4.78, 5) is 25.1. The van der Waals surface area contributed by atoms with Gasteiger partial charge >= 0.3 is 0 Å². The number of amides is 2. The van der Waals surface area contributed by atoms with Crippen molar-refractivity contribution in [1.29, 1.82) is 0 Å². The molecule has 1 N–H and O–H groups in total. The van der Waals surface area contributed by atoms with Gasteiger partial charge in [-0.05, 0) is 24.5 Å². The molecule has 2 radical (unpaired) electrons. The summed E-state index contributed by atoms with van der Waals surface area (Å²) in [7, 11) is 5.76. The van der Waals surface area contributed by atoms with E-state index in [-0.39, 0.29) is 17.9 Å². The lowest BCUT2D eigenvalue weighted by Gasteiger charge is -2.31. The molecule has 3 rings (SSSR count). The van der Waals surface area contributed by atoms with Crippen LogP contribution in [-0.2, 0) is 16.0 Å². The van der Waals surface area contributed by atoms with Gasteiger partial charge in [0.1, 0.15) is 13.9 Å². The standard InChI is InChI=1S/C13H13BN2O2/c14-9-1-2-10-8(7-9)5-6-16(10)11-3-4-12(17)15-13(11)18/h1-2,7,11H,3-6H2,(H,15,17,18). The first-order valence-corrected chi connectivity index (χ1v) is 6.14.